The summed E-state index contributed by atoms with van der Waals surface area (Å²) in [5.74, 6) is 0.578. The highest BCUT2D eigenvalue weighted by Gasteiger charge is 2.29. The number of rotatable bonds is 6. The molecule has 1 aliphatic heterocycles. The van der Waals surface area contributed by atoms with Gasteiger partial charge in [0, 0.05) is 38.7 Å². The van der Waals surface area contributed by atoms with Crippen LogP contribution < -0.4 is 9.47 Å². The number of carbonyl (C=O) groups is 1. The molecule has 22 heavy (non-hydrogen) atoms. The van der Waals surface area contributed by atoms with Crippen LogP contribution in [-0.4, -0.2) is 74.4 Å². The summed E-state index contributed by atoms with van der Waals surface area (Å²) in [7, 11) is 5.24. The maximum atomic E-state index is 11.7. The van der Waals surface area contributed by atoms with Crippen molar-refractivity contribution in [3.05, 3.63) is 23.8 Å². The van der Waals surface area contributed by atoms with Crippen molar-refractivity contribution in [2.45, 2.75) is 12.5 Å². The predicted octanol–water partition coefficient (Wildman–Crippen LogP) is 0.947. The first kappa shape index (κ1) is 16.6. The van der Waals surface area contributed by atoms with E-state index in [0.29, 0.717) is 17.9 Å². The Hall–Kier alpha value is -1.79. The maximum Gasteiger partial charge on any atom is 0.321 e. The van der Waals surface area contributed by atoms with Gasteiger partial charge in [0.1, 0.15) is 17.5 Å². The van der Waals surface area contributed by atoms with Crippen molar-refractivity contribution in [3.63, 3.8) is 0 Å². The Morgan fingerprint density at radius 3 is 2.45 bits per heavy atom. The number of piperazine rings is 1. The smallest absolute Gasteiger partial charge is 0.321 e. The van der Waals surface area contributed by atoms with Crippen molar-refractivity contribution in [2.75, 3.05) is 47.4 Å². The van der Waals surface area contributed by atoms with E-state index < -0.39 is 12.0 Å². The number of nitrogens with zero attached hydrogens (tertiary/aromatic N) is 2. The van der Waals surface area contributed by atoms with E-state index in [1.54, 1.807) is 20.3 Å². The quantitative estimate of drug-likeness (QED) is 0.844. The Labute approximate surface area is 131 Å². The van der Waals surface area contributed by atoms with Crippen LogP contribution in [0.15, 0.2) is 18.2 Å². The molecule has 1 aliphatic rings. The molecule has 1 saturated heterocycles. The molecule has 1 N–H and O–H groups in total. The highest BCUT2D eigenvalue weighted by atomic mass is 16.5. The van der Waals surface area contributed by atoms with Gasteiger partial charge in [-0.25, -0.2) is 0 Å². The monoisotopic (exact) mass is 308 g/mol. The second-order valence-electron chi connectivity index (χ2n) is 5.58. The van der Waals surface area contributed by atoms with Gasteiger partial charge in [0.05, 0.1) is 14.2 Å². The summed E-state index contributed by atoms with van der Waals surface area (Å²) in [5.41, 5.74) is 0.884. The van der Waals surface area contributed by atoms with Crippen molar-refractivity contribution in [1.82, 2.24) is 9.80 Å². The summed E-state index contributed by atoms with van der Waals surface area (Å²) in [6, 6.07) is 4.97. The van der Waals surface area contributed by atoms with E-state index in [1.165, 1.54) is 0 Å². The van der Waals surface area contributed by atoms with Crippen molar-refractivity contribution >= 4 is 5.97 Å². The highest BCUT2D eigenvalue weighted by molar-refractivity contribution is 5.74. The Bertz CT molecular complexity index is 513. The van der Waals surface area contributed by atoms with Crippen LogP contribution in [0, 0.1) is 0 Å². The summed E-state index contributed by atoms with van der Waals surface area (Å²) in [4.78, 5) is 15.9. The molecule has 1 aromatic carbocycles. The van der Waals surface area contributed by atoms with Crippen LogP contribution in [0.5, 0.6) is 11.5 Å². The number of likely N-dealkylation sites (N-methyl/N-ethyl adjacent to an activating group) is 1. The molecule has 2 rings (SSSR count). The van der Waals surface area contributed by atoms with Crippen LogP contribution in [0.3, 0.4) is 0 Å². The van der Waals surface area contributed by atoms with Gasteiger partial charge in [0.15, 0.2) is 0 Å². The number of ether oxygens (including phenoxy) is 2. The van der Waals surface area contributed by atoms with Gasteiger partial charge >= 0.3 is 5.97 Å². The lowest BCUT2D eigenvalue weighted by Crippen LogP contribution is -2.52. The zero-order valence-electron chi connectivity index (χ0n) is 13.4. The molecule has 0 amide bonds. The number of benzene rings is 1. The van der Waals surface area contributed by atoms with Crippen LogP contribution in [0.4, 0.5) is 0 Å². The lowest BCUT2D eigenvalue weighted by molar-refractivity contribution is -0.144. The summed E-state index contributed by atoms with van der Waals surface area (Å²) >= 11 is 0. The van der Waals surface area contributed by atoms with Crippen molar-refractivity contribution in [2.24, 2.45) is 0 Å². The maximum absolute atomic E-state index is 11.7. The van der Waals surface area contributed by atoms with E-state index in [4.69, 9.17) is 9.47 Å². The number of hydrogen-bond acceptors (Lipinski definition) is 5. The molecule has 122 valence electrons. The molecule has 0 radical (unpaired) electrons. The Balaban J connectivity index is 2.16. The first-order valence-corrected chi connectivity index (χ1v) is 7.41. The van der Waals surface area contributed by atoms with Crippen molar-refractivity contribution < 1.29 is 19.4 Å². The van der Waals surface area contributed by atoms with Gasteiger partial charge in [0.25, 0.3) is 0 Å². The number of carboxylic acid groups (broad SMARTS) is 1. The minimum Gasteiger partial charge on any atom is -0.497 e. The molecule has 0 aliphatic carbocycles. The van der Waals surface area contributed by atoms with Gasteiger partial charge in [-0.15, -0.1) is 0 Å². The number of hydrogen-bond donors (Lipinski definition) is 1. The minimum atomic E-state index is -0.789. The molecule has 0 bridgehead atoms. The molecule has 1 fully saturated rings. The van der Waals surface area contributed by atoms with Crippen LogP contribution in [0.2, 0.25) is 0 Å². The van der Waals surface area contributed by atoms with Gasteiger partial charge in [0.2, 0.25) is 0 Å². The molecule has 0 aromatic heterocycles. The van der Waals surface area contributed by atoms with E-state index in [2.05, 4.69) is 11.9 Å². The van der Waals surface area contributed by atoms with Gasteiger partial charge in [-0.2, -0.15) is 0 Å². The Morgan fingerprint density at radius 1 is 1.23 bits per heavy atom. The molecular weight excluding hydrogens is 284 g/mol. The third-order valence-corrected chi connectivity index (χ3v) is 4.17. The standard InChI is InChI=1S/C16H24N2O4/c1-17-6-8-18(9-7-17)14(16(19)20)10-12-4-5-13(21-2)11-15(12)22-3/h4-5,11,14H,6-10H2,1-3H3,(H,19,20)/t14-/m0/s1. The average Bonchev–Trinajstić information content (AvgIpc) is 2.53. The van der Waals surface area contributed by atoms with Gasteiger partial charge in [-0.1, -0.05) is 6.07 Å². The lowest BCUT2D eigenvalue weighted by Gasteiger charge is -2.36. The van der Waals surface area contributed by atoms with E-state index in [9.17, 15) is 9.90 Å². The van der Waals surface area contributed by atoms with Crippen molar-refractivity contribution in [1.29, 1.82) is 0 Å². The zero-order chi connectivity index (χ0) is 16.1. The second kappa shape index (κ2) is 7.47. The van der Waals surface area contributed by atoms with Gasteiger partial charge < -0.3 is 19.5 Å². The molecule has 6 heteroatoms. The highest BCUT2D eigenvalue weighted by Crippen LogP contribution is 2.26. The molecule has 0 unspecified atom stereocenters. The molecule has 1 heterocycles. The number of aliphatic carboxylic acids is 1. The van der Waals surface area contributed by atoms with E-state index in [0.717, 1.165) is 31.7 Å². The van der Waals surface area contributed by atoms with Crippen LogP contribution >= 0.6 is 0 Å². The van der Waals surface area contributed by atoms with E-state index in [1.807, 2.05) is 17.0 Å². The van der Waals surface area contributed by atoms with Crippen LogP contribution in [0.1, 0.15) is 5.56 Å². The third kappa shape index (κ3) is 3.90. The Kier molecular flexibility index (Phi) is 5.63. The first-order chi connectivity index (χ1) is 10.5. The molecule has 0 saturated carbocycles. The van der Waals surface area contributed by atoms with Gasteiger partial charge in [-0.3, -0.25) is 9.69 Å². The predicted molar refractivity (Wildman–Crippen MR) is 83.7 cm³/mol. The molecular formula is C16H24N2O4. The first-order valence-electron chi connectivity index (χ1n) is 7.41. The summed E-state index contributed by atoms with van der Waals surface area (Å²) in [5, 5.41) is 9.60. The summed E-state index contributed by atoms with van der Waals surface area (Å²) in [6.07, 6.45) is 0.423. The fraction of sp³-hybridized carbons (Fsp3) is 0.562. The number of carboxylic acids is 1. The summed E-state index contributed by atoms with van der Waals surface area (Å²) < 4.78 is 10.6. The number of methoxy groups -OCH3 is 2. The van der Waals surface area contributed by atoms with Crippen LogP contribution in [-0.2, 0) is 11.2 Å². The van der Waals surface area contributed by atoms with Crippen LogP contribution in [0.25, 0.3) is 0 Å². The fourth-order valence-electron chi connectivity index (χ4n) is 2.73. The Morgan fingerprint density at radius 2 is 1.91 bits per heavy atom. The molecule has 1 atom stereocenters. The van der Waals surface area contributed by atoms with E-state index in [-0.39, 0.29) is 0 Å². The van der Waals surface area contributed by atoms with Gasteiger partial charge in [-0.05, 0) is 18.7 Å². The normalized spacial score (nSPS) is 18.0. The molecule has 0 spiro atoms. The molecule has 6 nitrogen and oxygen atoms in total. The second-order valence-corrected chi connectivity index (χ2v) is 5.58. The SMILES string of the molecule is COc1ccc(C[C@@H](C(=O)O)N2CCN(C)CC2)c(OC)c1. The molecule has 1 aromatic rings. The lowest BCUT2D eigenvalue weighted by atomic mass is 10.0. The zero-order valence-corrected chi connectivity index (χ0v) is 13.4. The third-order valence-electron chi connectivity index (χ3n) is 4.17. The van der Waals surface area contributed by atoms with Crippen molar-refractivity contribution in [3.8, 4) is 11.5 Å². The topological polar surface area (TPSA) is 62.2 Å². The summed E-state index contributed by atoms with van der Waals surface area (Å²) in [6.45, 7) is 3.32. The largest absolute Gasteiger partial charge is 0.497 e. The van der Waals surface area contributed by atoms with E-state index >= 15 is 0 Å². The fourth-order valence-corrected chi connectivity index (χ4v) is 2.73. The average molecular weight is 308 g/mol. The minimum absolute atomic E-state index is 0.423.